The van der Waals surface area contributed by atoms with Gasteiger partial charge in [0.2, 0.25) is 0 Å². The van der Waals surface area contributed by atoms with E-state index in [4.69, 9.17) is 0 Å². The van der Waals surface area contributed by atoms with Crippen LogP contribution in [0.25, 0.3) is 0 Å². The highest BCUT2D eigenvalue weighted by Gasteiger charge is 2.27. The average Bonchev–Trinajstić information content (AvgIpc) is 2.29. The van der Waals surface area contributed by atoms with Gasteiger partial charge in [0, 0.05) is 0 Å². The molecule has 0 saturated carbocycles. The standard InChI is InChI=1S/C11H25B3N3/c1-5-8-15-12-16(9-6-2)14-17(13-15)10-11(4)7-3/h11H,5-10H2,1-4H3. The Labute approximate surface area is 110 Å². The average molecular weight is 232 g/mol. The van der Waals surface area contributed by atoms with Crippen LogP contribution in [0.4, 0.5) is 0 Å². The highest BCUT2D eigenvalue weighted by atomic mass is 15.3. The SMILES string of the molecule is CCCN1[B]N(CCC)[B]N(CC(C)CC)[B]1. The Morgan fingerprint density at radius 3 is 1.71 bits per heavy atom. The molecule has 1 rings (SSSR count). The van der Waals surface area contributed by atoms with Crippen LogP contribution in [0.15, 0.2) is 0 Å². The minimum Gasteiger partial charge on any atom is -0.365 e. The fourth-order valence-corrected chi connectivity index (χ4v) is 1.99. The van der Waals surface area contributed by atoms with Gasteiger partial charge in [0.1, 0.15) is 0 Å². The molecule has 17 heavy (non-hydrogen) atoms. The van der Waals surface area contributed by atoms with Gasteiger partial charge in [-0.3, -0.25) is 0 Å². The van der Waals surface area contributed by atoms with Crippen LogP contribution >= 0.6 is 0 Å². The van der Waals surface area contributed by atoms with Crippen LogP contribution < -0.4 is 0 Å². The molecular weight excluding hydrogens is 207 g/mol. The van der Waals surface area contributed by atoms with Crippen LogP contribution in [0.5, 0.6) is 0 Å². The first-order valence-corrected chi connectivity index (χ1v) is 7.01. The maximum atomic E-state index is 2.33. The fraction of sp³-hybridized carbons (Fsp3) is 1.00. The molecule has 0 aliphatic carbocycles. The van der Waals surface area contributed by atoms with Gasteiger partial charge in [-0.05, 0) is 38.4 Å². The van der Waals surface area contributed by atoms with Crippen LogP contribution in [0.1, 0.15) is 47.0 Å². The summed E-state index contributed by atoms with van der Waals surface area (Å²) < 4.78 is 6.94. The van der Waals surface area contributed by atoms with Gasteiger partial charge in [-0.25, -0.2) is 0 Å². The lowest BCUT2D eigenvalue weighted by atomic mass is 9.73. The fourth-order valence-electron chi connectivity index (χ4n) is 1.99. The second-order valence-corrected chi connectivity index (χ2v) is 5.03. The molecule has 0 aromatic carbocycles. The van der Waals surface area contributed by atoms with E-state index in [0.29, 0.717) is 0 Å². The van der Waals surface area contributed by atoms with Crippen molar-refractivity contribution in [2.45, 2.75) is 47.0 Å². The quantitative estimate of drug-likeness (QED) is 0.613. The molecule has 1 heterocycles. The van der Waals surface area contributed by atoms with Crippen LogP contribution in [0.3, 0.4) is 0 Å². The molecule has 0 spiro atoms. The maximum absolute atomic E-state index is 2.33. The molecule has 1 fully saturated rings. The minimum atomic E-state index is 0.743. The van der Waals surface area contributed by atoms with Crippen molar-refractivity contribution in [3.05, 3.63) is 0 Å². The van der Waals surface area contributed by atoms with Crippen molar-refractivity contribution >= 4 is 22.6 Å². The zero-order chi connectivity index (χ0) is 12.7. The van der Waals surface area contributed by atoms with E-state index in [1.165, 1.54) is 19.3 Å². The summed E-state index contributed by atoms with van der Waals surface area (Å²) in [6.07, 6.45) is 3.61. The Morgan fingerprint density at radius 1 is 0.824 bits per heavy atom. The molecule has 1 aliphatic rings. The molecule has 0 aromatic rings. The molecule has 1 atom stereocenters. The summed E-state index contributed by atoms with van der Waals surface area (Å²) in [5.74, 6) is 0.743. The van der Waals surface area contributed by atoms with E-state index in [0.717, 1.165) is 25.6 Å². The Balaban J connectivity index is 2.45. The van der Waals surface area contributed by atoms with Crippen LogP contribution in [0, 0.1) is 5.92 Å². The van der Waals surface area contributed by atoms with Gasteiger partial charge in [-0.1, -0.05) is 34.1 Å². The first kappa shape index (κ1) is 15.1. The van der Waals surface area contributed by atoms with E-state index in [2.05, 4.69) is 64.5 Å². The third kappa shape index (κ3) is 5.49. The Bertz CT molecular complexity index is 192. The topological polar surface area (TPSA) is 9.72 Å². The van der Waals surface area contributed by atoms with Crippen LogP contribution in [-0.4, -0.2) is 56.4 Å². The van der Waals surface area contributed by atoms with Gasteiger partial charge in [-0.2, -0.15) is 0 Å². The molecule has 1 aliphatic heterocycles. The summed E-state index contributed by atoms with van der Waals surface area (Å²) in [5.41, 5.74) is 0. The molecule has 1 saturated heterocycles. The number of hydrogen-bond donors (Lipinski definition) is 0. The molecule has 0 bridgehead atoms. The van der Waals surface area contributed by atoms with Crippen molar-refractivity contribution in [2.75, 3.05) is 19.6 Å². The van der Waals surface area contributed by atoms with E-state index < -0.39 is 0 Å². The minimum absolute atomic E-state index is 0.743. The highest BCUT2D eigenvalue weighted by Crippen LogP contribution is 2.08. The van der Waals surface area contributed by atoms with Crippen molar-refractivity contribution in [1.29, 1.82) is 0 Å². The first-order chi connectivity index (χ1) is 8.19. The summed E-state index contributed by atoms with van der Waals surface area (Å²) in [6, 6.07) is 0. The van der Waals surface area contributed by atoms with E-state index in [1.54, 1.807) is 0 Å². The van der Waals surface area contributed by atoms with Crippen LogP contribution in [0.2, 0.25) is 0 Å². The Kier molecular flexibility index (Phi) is 7.32. The summed E-state index contributed by atoms with van der Waals surface area (Å²) >= 11 is 0. The molecule has 0 N–H and O–H groups in total. The maximum Gasteiger partial charge on any atom is 0.290 e. The monoisotopic (exact) mass is 232 g/mol. The normalized spacial score (nSPS) is 20.5. The van der Waals surface area contributed by atoms with Crippen molar-refractivity contribution in [3.63, 3.8) is 0 Å². The first-order valence-electron chi connectivity index (χ1n) is 7.01. The summed E-state index contributed by atoms with van der Waals surface area (Å²) in [5, 5.41) is 0. The highest BCUT2D eigenvalue weighted by molar-refractivity contribution is 6.64. The van der Waals surface area contributed by atoms with Crippen molar-refractivity contribution < 1.29 is 0 Å². The predicted molar refractivity (Wildman–Crippen MR) is 77.4 cm³/mol. The summed E-state index contributed by atoms with van der Waals surface area (Å²) in [7, 11) is 6.70. The second-order valence-electron chi connectivity index (χ2n) is 5.03. The molecule has 93 valence electrons. The molecule has 1 unspecified atom stereocenters. The second kappa shape index (κ2) is 8.22. The smallest absolute Gasteiger partial charge is 0.290 e. The van der Waals surface area contributed by atoms with Crippen molar-refractivity contribution in [1.82, 2.24) is 14.2 Å². The summed E-state index contributed by atoms with van der Waals surface area (Å²) in [6.45, 7) is 12.3. The van der Waals surface area contributed by atoms with Crippen LogP contribution in [-0.2, 0) is 0 Å². The number of hydrogen-bond acceptors (Lipinski definition) is 3. The number of nitrogens with zero attached hydrogens (tertiary/aromatic N) is 3. The van der Waals surface area contributed by atoms with Crippen molar-refractivity contribution in [2.24, 2.45) is 5.92 Å². The molecule has 0 amide bonds. The van der Waals surface area contributed by atoms with Gasteiger partial charge < -0.3 is 14.2 Å². The Morgan fingerprint density at radius 2 is 1.29 bits per heavy atom. The van der Waals surface area contributed by atoms with Gasteiger partial charge in [0.15, 0.2) is 0 Å². The molecule has 3 nitrogen and oxygen atoms in total. The lowest BCUT2D eigenvalue weighted by Gasteiger charge is -2.40. The zero-order valence-corrected chi connectivity index (χ0v) is 11.9. The lowest BCUT2D eigenvalue weighted by molar-refractivity contribution is 0.415. The third-order valence-corrected chi connectivity index (χ3v) is 3.07. The molecule has 6 heteroatoms. The largest absolute Gasteiger partial charge is 0.365 e. The van der Waals surface area contributed by atoms with Gasteiger partial charge in [0.05, 0.1) is 0 Å². The van der Waals surface area contributed by atoms with E-state index in [-0.39, 0.29) is 0 Å². The van der Waals surface area contributed by atoms with E-state index >= 15 is 0 Å². The van der Waals surface area contributed by atoms with Crippen molar-refractivity contribution in [3.8, 4) is 0 Å². The lowest BCUT2D eigenvalue weighted by Crippen LogP contribution is -2.62. The van der Waals surface area contributed by atoms with E-state index in [9.17, 15) is 0 Å². The van der Waals surface area contributed by atoms with Gasteiger partial charge >= 0.3 is 0 Å². The molecular formula is C11H25B3N3. The zero-order valence-electron chi connectivity index (χ0n) is 11.9. The summed E-state index contributed by atoms with van der Waals surface area (Å²) in [4.78, 5) is 0. The van der Waals surface area contributed by atoms with E-state index in [1.807, 2.05) is 0 Å². The van der Waals surface area contributed by atoms with Gasteiger partial charge in [0.25, 0.3) is 22.6 Å². The number of rotatable bonds is 7. The Hall–Kier alpha value is 0.0748. The molecule has 3 radical (unpaired) electrons. The van der Waals surface area contributed by atoms with Gasteiger partial charge in [-0.15, -0.1) is 0 Å². The molecule has 0 aromatic heterocycles. The third-order valence-electron chi connectivity index (χ3n) is 3.07. The predicted octanol–water partition coefficient (Wildman–Crippen LogP) is 1.37.